The van der Waals surface area contributed by atoms with Crippen LogP contribution < -0.4 is 10.5 Å². The standard InChI is InChI=1S/C29H32N4O/c30-17-7-3-1-2-4-10-20-34-25-15-13-23(14-16-25)24-21-28(26-11-5-8-18-31-26)33-29(22-24)27-12-6-9-19-32-27/h5-6,8-9,11-16,18-19,21-22H,1-4,7,10,17,20,30H2. The minimum atomic E-state index is 0.749. The molecule has 5 nitrogen and oxygen atoms in total. The van der Waals surface area contributed by atoms with E-state index in [1.807, 2.05) is 48.5 Å². The van der Waals surface area contributed by atoms with Gasteiger partial charge in [-0.25, -0.2) is 4.98 Å². The SMILES string of the molecule is NCCCCCCCCOc1ccc(-c2cc(-c3ccccn3)nc(-c3ccccn3)c2)cc1. The molecule has 0 radical (unpaired) electrons. The van der Waals surface area contributed by atoms with Gasteiger partial charge < -0.3 is 10.5 Å². The lowest BCUT2D eigenvalue weighted by atomic mass is 10.0. The summed E-state index contributed by atoms with van der Waals surface area (Å²) < 4.78 is 5.96. The first-order valence-corrected chi connectivity index (χ1v) is 12.1. The van der Waals surface area contributed by atoms with E-state index in [9.17, 15) is 0 Å². The third-order valence-electron chi connectivity index (χ3n) is 5.73. The molecule has 0 aliphatic rings. The Kier molecular flexibility index (Phi) is 8.75. The van der Waals surface area contributed by atoms with Crippen LogP contribution in [0.25, 0.3) is 33.9 Å². The highest BCUT2D eigenvalue weighted by atomic mass is 16.5. The van der Waals surface area contributed by atoms with Gasteiger partial charge in [0, 0.05) is 12.4 Å². The summed E-state index contributed by atoms with van der Waals surface area (Å²) in [5.41, 5.74) is 11.0. The number of nitrogens with zero attached hydrogens (tertiary/aromatic N) is 3. The highest BCUT2D eigenvalue weighted by molar-refractivity contribution is 5.74. The molecular formula is C29H32N4O. The van der Waals surface area contributed by atoms with Crippen molar-refractivity contribution in [3.63, 3.8) is 0 Å². The van der Waals surface area contributed by atoms with E-state index in [4.69, 9.17) is 15.5 Å². The van der Waals surface area contributed by atoms with Gasteiger partial charge in [-0.3, -0.25) is 9.97 Å². The molecule has 3 aromatic heterocycles. The summed E-state index contributed by atoms with van der Waals surface area (Å²) in [6, 6.07) is 24.2. The quantitative estimate of drug-likeness (QED) is 0.247. The second-order valence-corrected chi connectivity index (χ2v) is 8.34. The van der Waals surface area contributed by atoms with E-state index in [0.717, 1.165) is 65.6 Å². The molecule has 3 heterocycles. The highest BCUT2D eigenvalue weighted by Gasteiger charge is 2.10. The van der Waals surface area contributed by atoms with Crippen molar-refractivity contribution in [3.8, 4) is 39.7 Å². The first-order valence-electron chi connectivity index (χ1n) is 12.1. The molecule has 174 valence electrons. The maximum absolute atomic E-state index is 5.96. The van der Waals surface area contributed by atoms with Gasteiger partial charge in [-0.2, -0.15) is 0 Å². The Hall–Kier alpha value is -3.57. The fourth-order valence-corrected chi connectivity index (χ4v) is 3.88. The number of nitrogens with two attached hydrogens (primary N) is 1. The van der Waals surface area contributed by atoms with E-state index >= 15 is 0 Å². The van der Waals surface area contributed by atoms with Gasteiger partial charge in [0.2, 0.25) is 0 Å². The molecule has 0 saturated carbocycles. The van der Waals surface area contributed by atoms with Crippen molar-refractivity contribution in [2.24, 2.45) is 5.73 Å². The second-order valence-electron chi connectivity index (χ2n) is 8.34. The predicted molar refractivity (Wildman–Crippen MR) is 138 cm³/mol. The molecule has 34 heavy (non-hydrogen) atoms. The van der Waals surface area contributed by atoms with Crippen LogP contribution in [0.2, 0.25) is 0 Å². The van der Waals surface area contributed by atoms with Gasteiger partial charge in [0.15, 0.2) is 0 Å². The van der Waals surface area contributed by atoms with Crippen molar-refractivity contribution < 1.29 is 4.74 Å². The number of aromatic nitrogens is 3. The smallest absolute Gasteiger partial charge is 0.119 e. The maximum atomic E-state index is 5.96. The molecule has 5 heteroatoms. The lowest BCUT2D eigenvalue weighted by molar-refractivity contribution is 0.304. The molecule has 0 spiro atoms. The average molecular weight is 453 g/mol. The highest BCUT2D eigenvalue weighted by Crippen LogP contribution is 2.30. The molecule has 4 aromatic rings. The Balaban J connectivity index is 1.46. The minimum Gasteiger partial charge on any atom is -0.494 e. The number of hydrogen-bond acceptors (Lipinski definition) is 5. The third kappa shape index (κ3) is 6.72. The number of pyridine rings is 3. The molecule has 1 aromatic carbocycles. The van der Waals surface area contributed by atoms with E-state index in [2.05, 4.69) is 34.2 Å². The van der Waals surface area contributed by atoms with Crippen LogP contribution in [0.15, 0.2) is 85.2 Å². The van der Waals surface area contributed by atoms with Gasteiger partial charge in [-0.05, 0) is 79.0 Å². The molecule has 2 N–H and O–H groups in total. The van der Waals surface area contributed by atoms with Crippen LogP contribution in [0.4, 0.5) is 0 Å². The number of rotatable bonds is 12. The van der Waals surface area contributed by atoms with Crippen molar-refractivity contribution in [2.75, 3.05) is 13.2 Å². The number of unbranched alkanes of at least 4 members (excludes halogenated alkanes) is 5. The average Bonchev–Trinajstić information content (AvgIpc) is 2.91. The summed E-state index contributed by atoms with van der Waals surface area (Å²) in [5.74, 6) is 0.899. The Labute approximate surface area is 202 Å². The predicted octanol–water partition coefficient (Wildman–Crippen LogP) is 6.55. The zero-order valence-corrected chi connectivity index (χ0v) is 19.6. The topological polar surface area (TPSA) is 73.9 Å². The first-order chi connectivity index (χ1) is 16.8. The molecule has 0 aliphatic heterocycles. The van der Waals surface area contributed by atoms with Crippen molar-refractivity contribution in [3.05, 3.63) is 85.2 Å². The van der Waals surface area contributed by atoms with E-state index in [1.165, 1.54) is 25.7 Å². The number of hydrogen-bond donors (Lipinski definition) is 1. The lowest BCUT2D eigenvalue weighted by Gasteiger charge is -2.10. The summed E-state index contributed by atoms with van der Waals surface area (Å²) in [6.07, 6.45) is 10.7. The van der Waals surface area contributed by atoms with Gasteiger partial charge in [0.05, 0.1) is 29.4 Å². The van der Waals surface area contributed by atoms with Crippen molar-refractivity contribution in [2.45, 2.75) is 38.5 Å². The summed E-state index contributed by atoms with van der Waals surface area (Å²) in [4.78, 5) is 13.8. The molecular weight excluding hydrogens is 420 g/mol. The molecule has 0 unspecified atom stereocenters. The van der Waals surface area contributed by atoms with Gasteiger partial charge in [0.1, 0.15) is 5.75 Å². The van der Waals surface area contributed by atoms with Crippen LogP contribution in [0, 0.1) is 0 Å². The largest absolute Gasteiger partial charge is 0.494 e. The maximum Gasteiger partial charge on any atom is 0.119 e. The molecule has 4 rings (SSSR count). The number of ether oxygens (including phenoxy) is 1. The Morgan fingerprint density at radius 3 is 1.74 bits per heavy atom. The van der Waals surface area contributed by atoms with Gasteiger partial charge in [-0.15, -0.1) is 0 Å². The molecule has 0 atom stereocenters. The lowest BCUT2D eigenvalue weighted by Crippen LogP contribution is -1.99. The first kappa shape index (κ1) is 23.6. The minimum absolute atomic E-state index is 0.749. The second kappa shape index (κ2) is 12.6. The zero-order valence-electron chi connectivity index (χ0n) is 19.6. The van der Waals surface area contributed by atoms with Gasteiger partial charge in [0.25, 0.3) is 0 Å². The Bertz CT molecular complexity index is 1070. The van der Waals surface area contributed by atoms with E-state index in [0.29, 0.717) is 0 Å². The molecule has 0 fully saturated rings. The van der Waals surface area contributed by atoms with Crippen molar-refractivity contribution in [1.82, 2.24) is 15.0 Å². The monoisotopic (exact) mass is 452 g/mol. The Morgan fingerprint density at radius 1 is 0.588 bits per heavy atom. The number of benzene rings is 1. The van der Waals surface area contributed by atoms with E-state index in [1.54, 1.807) is 12.4 Å². The van der Waals surface area contributed by atoms with Crippen molar-refractivity contribution >= 4 is 0 Å². The van der Waals surface area contributed by atoms with Crippen LogP contribution in [0.5, 0.6) is 5.75 Å². The Morgan fingerprint density at radius 2 is 1.18 bits per heavy atom. The third-order valence-corrected chi connectivity index (χ3v) is 5.73. The van der Waals surface area contributed by atoms with E-state index < -0.39 is 0 Å². The van der Waals surface area contributed by atoms with Crippen LogP contribution in [-0.4, -0.2) is 28.1 Å². The van der Waals surface area contributed by atoms with Gasteiger partial charge >= 0.3 is 0 Å². The van der Waals surface area contributed by atoms with Crippen molar-refractivity contribution in [1.29, 1.82) is 0 Å². The zero-order chi connectivity index (χ0) is 23.4. The van der Waals surface area contributed by atoms with Gasteiger partial charge in [-0.1, -0.05) is 49.9 Å². The fourth-order valence-electron chi connectivity index (χ4n) is 3.88. The summed E-state index contributed by atoms with van der Waals surface area (Å²) in [5, 5.41) is 0. The van der Waals surface area contributed by atoms with Crippen LogP contribution in [-0.2, 0) is 0 Å². The summed E-state index contributed by atoms with van der Waals surface area (Å²) in [6.45, 7) is 1.55. The van der Waals surface area contributed by atoms with Crippen LogP contribution in [0.3, 0.4) is 0 Å². The fraction of sp³-hybridized carbons (Fsp3) is 0.276. The summed E-state index contributed by atoms with van der Waals surface area (Å²) >= 11 is 0. The molecule has 0 amide bonds. The molecule has 0 saturated heterocycles. The summed E-state index contributed by atoms with van der Waals surface area (Å²) in [7, 11) is 0. The molecule has 0 aliphatic carbocycles. The van der Waals surface area contributed by atoms with Crippen LogP contribution in [0.1, 0.15) is 38.5 Å². The normalized spacial score (nSPS) is 10.9. The molecule has 0 bridgehead atoms. The van der Waals surface area contributed by atoms with E-state index in [-0.39, 0.29) is 0 Å². The van der Waals surface area contributed by atoms with Crippen LogP contribution >= 0.6 is 0 Å².